The van der Waals surface area contributed by atoms with Crippen molar-refractivity contribution in [3.8, 4) is 0 Å². The molecule has 0 aliphatic carbocycles. The van der Waals surface area contributed by atoms with E-state index in [0.29, 0.717) is 6.54 Å². The number of pyridine rings is 1. The van der Waals surface area contributed by atoms with Gasteiger partial charge in [0.2, 0.25) is 5.91 Å². The second-order valence-corrected chi connectivity index (χ2v) is 6.59. The Morgan fingerprint density at radius 2 is 1.95 bits per heavy atom. The van der Waals surface area contributed by atoms with Crippen molar-refractivity contribution in [1.29, 1.82) is 0 Å². The van der Waals surface area contributed by atoms with E-state index in [1.165, 1.54) is 0 Å². The summed E-state index contributed by atoms with van der Waals surface area (Å²) in [5, 5.41) is 4.15. The van der Waals surface area contributed by atoms with Gasteiger partial charge in [0, 0.05) is 23.7 Å². The Balaban J connectivity index is 2.11. The zero-order chi connectivity index (χ0) is 16.2. The molecule has 0 radical (unpaired) electrons. The highest BCUT2D eigenvalue weighted by molar-refractivity contribution is 5.82. The van der Waals surface area contributed by atoms with Crippen molar-refractivity contribution in [2.75, 3.05) is 13.1 Å². The number of rotatable bonds is 5. The molecule has 1 amide bonds. The summed E-state index contributed by atoms with van der Waals surface area (Å²) in [6.07, 6.45) is 1.81. The van der Waals surface area contributed by atoms with E-state index in [-0.39, 0.29) is 11.4 Å². The minimum absolute atomic E-state index is 0.0579. The number of nitrogens with zero attached hydrogens (tertiary/aromatic N) is 2. The Hall–Kier alpha value is -1.94. The van der Waals surface area contributed by atoms with Gasteiger partial charge in [0.1, 0.15) is 0 Å². The van der Waals surface area contributed by atoms with Crippen molar-refractivity contribution in [3.05, 3.63) is 42.1 Å². The Morgan fingerprint density at radius 3 is 2.64 bits per heavy atom. The maximum absolute atomic E-state index is 12.1. The molecule has 0 fully saturated rings. The summed E-state index contributed by atoms with van der Waals surface area (Å²) < 4.78 is 0. The van der Waals surface area contributed by atoms with Crippen LogP contribution in [0.5, 0.6) is 0 Å². The number of likely N-dealkylation sites (N-methyl/N-ethyl adjacent to an activating group) is 1. The number of nitrogens with one attached hydrogen (secondary N) is 1. The zero-order valence-electron chi connectivity index (χ0n) is 13.9. The van der Waals surface area contributed by atoms with Crippen molar-refractivity contribution in [1.82, 2.24) is 15.2 Å². The van der Waals surface area contributed by atoms with E-state index in [0.717, 1.165) is 29.6 Å². The Bertz CT molecular complexity index is 641. The van der Waals surface area contributed by atoms with Gasteiger partial charge in [-0.05, 0) is 38.9 Å². The third-order valence-electron chi connectivity index (χ3n) is 3.44. The Labute approximate surface area is 132 Å². The van der Waals surface area contributed by atoms with Crippen molar-refractivity contribution in [3.63, 3.8) is 0 Å². The lowest BCUT2D eigenvalue weighted by Crippen LogP contribution is -2.45. The molecule has 0 saturated heterocycles. The molecule has 0 spiro atoms. The molecule has 0 bridgehead atoms. The van der Waals surface area contributed by atoms with Gasteiger partial charge in [-0.15, -0.1) is 0 Å². The first-order chi connectivity index (χ1) is 10.4. The summed E-state index contributed by atoms with van der Waals surface area (Å²) in [5.74, 6) is 0.0579. The van der Waals surface area contributed by atoms with Gasteiger partial charge in [-0.3, -0.25) is 14.7 Å². The fraction of sp³-hybridized carbons (Fsp3) is 0.444. The van der Waals surface area contributed by atoms with E-state index in [4.69, 9.17) is 0 Å². The van der Waals surface area contributed by atoms with Crippen LogP contribution < -0.4 is 5.32 Å². The number of para-hydroxylation sites is 1. The quantitative estimate of drug-likeness (QED) is 0.923. The molecule has 22 heavy (non-hydrogen) atoms. The standard InChI is InChI=1S/C18H25N3O/c1-5-21(13-16(22)20-18(2,3)4)12-15-9-6-8-14-10-7-11-19-17(14)15/h6-11H,5,12-13H2,1-4H3,(H,20,22). The molecule has 0 aliphatic rings. The SMILES string of the molecule is CCN(CC(=O)NC(C)(C)C)Cc1cccc2cccnc12. The molecular weight excluding hydrogens is 274 g/mol. The molecular formula is C18H25N3O. The molecule has 0 saturated carbocycles. The molecule has 1 heterocycles. The predicted octanol–water partition coefficient (Wildman–Crippen LogP) is 2.97. The molecule has 0 unspecified atom stereocenters. The van der Waals surface area contributed by atoms with Crippen molar-refractivity contribution in [2.45, 2.75) is 39.8 Å². The number of fused-ring (bicyclic) bond motifs is 1. The van der Waals surface area contributed by atoms with Crippen LogP contribution in [0.15, 0.2) is 36.5 Å². The summed E-state index contributed by atoms with van der Waals surface area (Å²) >= 11 is 0. The number of aromatic nitrogens is 1. The van der Waals surface area contributed by atoms with Crippen LogP contribution in [0.3, 0.4) is 0 Å². The first-order valence-corrected chi connectivity index (χ1v) is 7.75. The summed E-state index contributed by atoms with van der Waals surface area (Å²) in [6, 6.07) is 10.2. The van der Waals surface area contributed by atoms with Gasteiger partial charge in [0.05, 0.1) is 12.1 Å². The second kappa shape index (κ2) is 6.88. The van der Waals surface area contributed by atoms with Crippen molar-refractivity contribution in [2.24, 2.45) is 0 Å². The van der Waals surface area contributed by atoms with E-state index in [1.54, 1.807) is 0 Å². The highest BCUT2D eigenvalue weighted by Gasteiger charge is 2.16. The maximum atomic E-state index is 12.1. The monoisotopic (exact) mass is 299 g/mol. The van der Waals surface area contributed by atoms with Crippen LogP contribution in [0.2, 0.25) is 0 Å². The molecule has 0 atom stereocenters. The van der Waals surface area contributed by atoms with Gasteiger partial charge in [-0.25, -0.2) is 0 Å². The second-order valence-electron chi connectivity index (χ2n) is 6.59. The van der Waals surface area contributed by atoms with Gasteiger partial charge < -0.3 is 5.32 Å². The summed E-state index contributed by atoms with van der Waals surface area (Å²) in [4.78, 5) is 18.7. The van der Waals surface area contributed by atoms with E-state index in [1.807, 2.05) is 39.1 Å². The van der Waals surface area contributed by atoms with Crippen LogP contribution in [0.1, 0.15) is 33.3 Å². The maximum Gasteiger partial charge on any atom is 0.234 e. The summed E-state index contributed by atoms with van der Waals surface area (Å²) in [5.41, 5.74) is 1.97. The molecule has 1 aromatic carbocycles. The summed E-state index contributed by atoms with van der Waals surface area (Å²) in [6.45, 7) is 10.0. The predicted molar refractivity (Wildman–Crippen MR) is 90.6 cm³/mol. The molecule has 1 aromatic heterocycles. The first kappa shape index (κ1) is 16.4. The lowest BCUT2D eigenvalue weighted by atomic mass is 10.1. The normalized spacial score (nSPS) is 11.9. The largest absolute Gasteiger partial charge is 0.350 e. The molecule has 118 valence electrons. The number of hydrogen-bond donors (Lipinski definition) is 1. The lowest BCUT2D eigenvalue weighted by Gasteiger charge is -2.25. The molecule has 0 aliphatic heterocycles. The van der Waals surface area contributed by atoms with Crippen molar-refractivity contribution < 1.29 is 4.79 Å². The third-order valence-corrected chi connectivity index (χ3v) is 3.44. The number of carbonyl (C=O) groups is 1. The van der Waals surface area contributed by atoms with Gasteiger partial charge in [-0.2, -0.15) is 0 Å². The van der Waals surface area contributed by atoms with Crippen LogP contribution >= 0.6 is 0 Å². The third kappa shape index (κ3) is 4.53. The molecule has 2 rings (SSSR count). The number of amides is 1. The molecule has 4 heteroatoms. The van der Waals surface area contributed by atoms with Crippen LogP contribution in [-0.4, -0.2) is 34.4 Å². The van der Waals surface area contributed by atoms with E-state index >= 15 is 0 Å². The van der Waals surface area contributed by atoms with Crippen LogP contribution in [0.4, 0.5) is 0 Å². The van der Waals surface area contributed by atoms with E-state index in [9.17, 15) is 4.79 Å². The van der Waals surface area contributed by atoms with Gasteiger partial charge in [-0.1, -0.05) is 31.2 Å². The Kier molecular flexibility index (Phi) is 5.14. The minimum atomic E-state index is -0.197. The minimum Gasteiger partial charge on any atom is -0.350 e. The molecule has 1 N–H and O–H groups in total. The average Bonchev–Trinajstić information content (AvgIpc) is 2.45. The lowest BCUT2D eigenvalue weighted by molar-refractivity contribution is -0.123. The fourth-order valence-electron chi connectivity index (χ4n) is 2.48. The smallest absolute Gasteiger partial charge is 0.234 e. The van der Waals surface area contributed by atoms with Crippen LogP contribution in [0.25, 0.3) is 10.9 Å². The number of carbonyl (C=O) groups excluding carboxylic acids is 1. The van der Waals surface area contributed by atoms with Gasteiger partial charge in [0.25, 0.3) is 0 Å². The van der Waals surface area contributed by atoms with Gasteiger partial charge in [0.15, 0.2) is 0 Å². The summed E-state index contributed by atoms with van der Waals surface area (Å²) in [7, 11) is 0. The average molecular weight is 299 g/mol. The molecule has 2 aromatic rings. The van der Waals surface area contributed by atoms with E-state index < -0.39 is 0 Å². The number of benzene rings is 1. The number of hydrogen-bond acceptors (Lipinski definition) is 3. The topological polar surface area (TPSA) is 45.2 Å². The van der Waals surface area contributed by atoms with E-state index in [2.05, 4.69) is 40.3 Å². The fourth-order valence-corrected chi connectivity index (χ4v) is 2.48. The van der Waals surface area contributed by atoms with Crippen LogP contribution in [0, 0.1) is 0 Å². The van der Waals surface area contributed by atoms with Gasteiger partial charge >= 0.3 is 0 Å². The molecule has 4 nitrogen and oxygen atoms in total. The highest BCUT2D eigenvalue weighted by atomic mass is 16.2. The van der Waals surface area contributed by atoms with Crippen molar-refractivity contribution >= 4 is 16.8 Å². The first-order valence-electron chi connectivity index (χ1n) is 7.75. The highest BCUT2D eigenvalue weighted by Crippen LogP contribution is 2.17. The zero-order valence-corrected chi connectivity index (χ0v) is 13.9. The Morgan fingerprint density at radius 1 is 1.23 bits per heavy atom. The van der Waals surface area contributed by atoms with Crippen LogP contribution in [-0.2, 0) is 11.3 Å².